The van der Waals surface area contributed by atoms with Gasteiger partial charge in [-0.25, -0.2) is 8.42 Å². The van der Waals surface area contributed by atoms with Crippen molar-refractivity contribution in [3.8, 4) is 0 Å². The number of ketones is 1. The van der Waals surface area contributed by atoms with Gasteiger partial charge in [-0.15, -0.1) is 0 Å². The first-order chi connectivity index (χ1) is 10.2. The normalized spacial score (nSPS) is 14.1. The van der Waals surface area contributed by atoms with E-state index in [4.69, 9.17) is 0 Å². The summed E-state index contributed by atoms with van der Waals surface area (Å²) < 4.78 is 32.3. The van der Waals surface area contributed by atoms with Gasteiger partial charge in [-0.3, -0.25) is 4.79 Å². The Morgan fingerprint density at radius 1 is 0.913 bits per heavy atom. The zero-order chi connectivity index (χ0) is 17.1. The summed E-state index contributed by atoms with van der Waals surface area (Å²) in [7, 11) is -5.01. The number of rotatable bonds is 14. The van der Waals surface area contributed by atoms with Crippen molar-refractivity contribution in [2.45, 2.75) is 95.8 Å². The molecule has 5 nitrogen and oxygen atoms in total. The predicted molar refractivity (Wildman–Crippen MR) is 86.4 cm³/mol. The third-order valence-electron chi connectivity index (χ3n) is 4.01. The van der Waals surface area contributed by atoms with E-state index in [0.29, 0.717) is 6.42 Å². The molecule has 0 rings (SSSR count). The fraction of sp³-hybridized carbons (Fsp3) is 0.938. The number of carbonyl (C=O) groups is 1. The quantitative estimate of drug-likeness (QED) is 0.277. The van der Waals surface area contributed by atoms with E-state index in [1.807, 2.05) is 0 Å². The fourth-order valence-corrected chi connectivity index (χ4v) is 2.70. The van der Waals surface area contributed by atoms with Crippen molar-refractivity contribution in [1.82, 2.24) is 0 Å². The SMILES string of the molecule is CCCCCCCCCCCCCC(=O)C(C)(O)S(=O)(=O)[O-].[Na+]. The smallest absolute Gasteiger partial charge is 0.745 e. The molecule has 0 aromatic heterocycles. The number of carbonyl (C=O) groups excluding carboxylic acids is 1. The van der Waals surface area contributed by atoms with E-state index >= 15 is 0 Å². The van der Waals surface area contributed by atoms with Crippen molar-refractivity contribution in [1.29, 1.82) is 0 Å². The summed E-state index contributed by atoms with van der Waals surface area (Å²) in [5, 5.41) is 9.43. The number of hydrogen-bond donors (Lipinski definition) is 1. The summed E-state index contributed by atoms with van der Waals surface area (Å²) >= 11 is 0. The standard InChI is InChI=1S/C16H32O5S.Na/c1-3-4-5-6-7-8-9-10-11-12-13-14-15(17)16(2,18)22(19,20)21;/h18H,3-14H2,1-2H3,(H,19,20,21);/q;+1/p-1. The summed E-state index contributed by atoms with van der Waals surface area (Å²) in [6, 6.07) is 0. The molecular weight excluding hydrogens is 327 g/mol. The van der Waals surface area contributed by atoms with Crippen LogP contribution >= 0.6 is 0 Å². The van der Waals surface area contributed by atoms with Gasteiger partial charge in [0.25, 0.3) is 0 Å². The second kappa shape index (κ2) is 13.8. The summed E-state index contributed by atoms with van der Waals surface area (Å²) in [6.07, 6.45) is 12.3. The molecule has 0 radical (unpaired) electrons. The molecular formula is C16H31NaO5S. The summed E-state index contributed by atoms with van der Waals surface area (Å²) in [6.45, 7) is 2.97. The Hall–Kier alpha value is 0.540. The van der Waals surface area contributed by atoms with Crippen LogP contribution in [0.3, 0.4) is 0 Å². The zero-order valence-electron chi connectivity index (χ0n) is 15.0. The van der Waals surface area contributed by atoms with Gasteiger partial charge in [-0.05, 0) is 13.3 Å². The summed E-state index contributed by atoms with van der Waals surface area (Å²) in [5.41, 5.74) is 0. The van der Waals surface area contributed by atoms with Crippen LogP contribution in [0.1, 0.15) is 90.9 Å². The first-order valence-electron chi connectivity index (χ1n) is 8.44. The minimum Gasteiger partial charge on any atom is -0.745 e. The van der Waals surface area contributed by atoms with Gasteiger partial charge in [0, 0.05) is 6.42 Å². The molecule has 1 N–H and O–H groups in total. The molecule has 0 saturated carbocycles. The van der Waals surface area contributed by atoms with Gasteiger partial charge >= 0.3 is 29.6 Å². The molecule has 132 valence electrons. The van der Waals surface area contributed by atoms with Crippen LogP contribution in [0.15, 0.2) is 0 Å². The van der Waals surface area contributed by atoms with E-state index in [0.717, 1.165) is 26.2 Å². The summed E-state index contributed by atoms with van der Waals surface area (Å²) in [4.78, 5) is 8.76. The number of hydrogen-bond acceptors (Lipinski definition) is 5. The van der Waals surface area contributed by atoms with Crippen molar-refractivity contribution in [3.63, 3.8) is 0 Å². The van der Waals surface area contributed by atoms with E-state index in [1.54, 1.807) is 0 Å². The van der Waals surface area contributed by atoms with Gasteiger partial charge < -0.3 is 9.66 Å². The maximum atomic E-state index is 11.5. The van der Waals surface area contributed by atoms with Gasteiger partial charge in [0.15, 0.2) is 5.78 Å². The average Bonchev–Trinajstić information content (AvgIpc) is 2.43. The van der Waals surface area contributed by atoms with Crippen LogP contribution in [-0.2, 0) is 14.9 Å². The zero-order valence-corrected chi connectivity index (χ0v) is 17.8. The van der Waals surface area contributed by atoms with Gasteiger partial charge in [-0.1, -0.05) is 71.1 Å². The van der Waals surface area contributed by atoms with Crippen molar-refractivity contribution in [2.24, 2.45) is 0 Å². The topological polar surface area (TPSA) is 94.5 Å². The molecule has 0 aliphatic rings. The second-order valence-corrected chi connectivity index (χ2v) is 7.85. The number of Topliss-reactive ketones (excluding diaryl/α,β-unsaturated/α-hetero) is 1. The van der Waals surface area contributed by atoms with Crippen molar-refractivity contribution in [3.05, 3.63) is 0 Å². The first-order valence-corrected chi connectivity index (χ1v) is 9.85. The van der Waals surface area contributed by atoms with Crippen LogP contribution in [0.4, 0.5) is 0 Å². The molecule has 0 aliphatic heterocycles. The minimum absolute atomic E-state index is 0. The van der Waals surface area contributed by atoms with E-state index in [2.05, 4.69) is 6.92 Å². The van der Waals surface area contributed by atoms with E-state index in [-0.39, 0.29) is 36.0 Å². The molecule has 0 aromatic carbocycles. The first kappa shape index (κ1) is 25.8. The molecule has 23 heavy (non-hydrogen) atoms. The molecule has 1 unspecified atom stereocenters. The molecule has 0 bridgehead atoms. The minimum atomic E-state index is -5.01. The Labute approximate surface area is 163 Å². The van der Waals surface area contributed by atoms with E-state index in [1.165, 1.54) is 44.9 Å². The van der Waals surface area contributed by atoms with Crippen LogP contribution in [0.25, 0.3) is 0 Å². The molecule has 0 spiro atoms. The average molecular weight is 358 g/mol. The third kappa shape index (κ3) is 11.7. The second-order valence-electron chi connectivity index (χ2n) is 6.15. The van der Waals surface area contributed by atoms with Crippen LogP contribution in [0.2, 0.25) is 0 Å². The van der Waals surface area contributed by atoms with Gasteiger partial charge in [0.2, 0.25) is 4.93 Å². The number of unbranched alkanes of at least 4 members (excludes halogenated alkanes) is 10. The molecule has 0 heterocycles. The molecule has 0 aromatic rings. The van der Waals surface area contributed by atoms with Gasteiger partial charge in [0.05, 0.1) is 0 Å². The predicted octanol–water partition coefficient (Wildman–Crippen LogP) is 0.514. The largest absolute Gasteiger partial charge is 1.00 e. The Morgan fingerprint density at radius 3 is 1.61 bits per heavy atom. The van der Waals surface area contributed by atoms with Gasteiger partial charge in [0.1, 0.15) is 10.1 Å². The van der Waals surface area contributed by atoms with Crippen LogP contribution in [-0.4, -0.2) is 28.8 Å². The molecule has 1 atom stereocenters. The van der Waals surface area contributed by atoms with Crippen LogP contribution in [0.5, 0.6) is 0 Å². The number of aliphatic hydroxyl groups is 1. The fourth-order valence-electron chi connectivity index (χ4n) is 2.32. The van der Waals surface area contributed by atoms with Crippen molar-refractivity contribution < 1.29 is 52.4 Å². The van der Waals surface area contributed by atoms with Crippen LogP contribution < -0.4 is 29.6 Å². The maximum absolute atomic E-state index is 11.5. The monoisotopic (exact) mass is 358 g/mol. The van der Waals surface area contributed by atoms with Crippen molar-refractivity contribution in [2.75, 3.05) is 0 Å². The molecule has 0 fully saturated rings. The molecule has 0 saturated heterocycles. The summed E-state index contributed by atoms with van der Waals surface area (Å²) in [5.74, 6) is -0.904. The Bertz CT molecular complexity index is 407. The molecule has 7 heteroatoms. The maximum Gasteiger partial charge on any atom is 1.00 e. The van der Waals surface area contributed by atoms with E-state index in [9.17, 15) is 22.9 Å². The Balaban J connectivity index is 0. The third-order valence-corrected chi connectivity index (χ3v) is 5.21. The van der Waals surface area contributed by atoms with Crippen molar-refractivity contribution >= 4 is 15.9 Å². The Kier molecular flexibility index (Phi) is 15.5. The van der Waals surface area contributed by atoms with Gasteiger partial charge in [-0.2, -0.15) is 0 Å². The molecule has 0 aliphatic carbocycles. The van der Waals surface area contributed by atoms with E-state index < -0.39 is 20.8 Å². The van der Waals surface area contributed by atoms with Crippen LogP contribution in [0, 0.1) is 0 Å². The Morgan fingerprint density at radius 2 is 1.26 bits per heavy atom. The molecule has 0 amide bonds.